The molecule has 142 valence electrons. The SMILES string of the molecule is [CH2]=[Ti]([CH3])([Cl])([Cl])([NH]C(C)(C)C)([CH]1C=Cc2ccccc21)[Si](C)(C)CCO. The number of fused-ring (bicyclic) bond motifs is 1. The van der Waals surface area contributed by atoms with Crippen LogP contribution in [0.1, 0.15) is 36.1 Å². The topological polar surface area (TPSA) is 32.3 Å². The number of aliphatic hydroxyl groups is 1. The van der Waals surface area contributed by atoms with Crippen molar-refractivity contribution in [2.24, 2.45) is 0 Å². The van der Waals surface area contributed by atoms with Crippen molar-refractivity contribution in [3.63, 3.8) is 0 Å². The Bertz CT molecular complexity index is 859. The quantitative estimate of drug-likeness (QED) is 0.570. The maximum atomic E-state index is 9.82. The zero-order chi connectivity index (χ0) is 19.5. The molecule has 1 aliphatic rings. The normalized spacial score (nSPS) is 22.6. The van der Waals surface area contributed by atoms with E-state index >= 15 is 0 Å². The molecule has 0 saturated heterocycles. The van der Waals surface area contributed by atoms with E-state index in [-0.39, 0.29) is 16.4 Å². The summed E-state index contributed by atoms with van der Waals surface area (Å²) in [5, 5.41) is 11.9. The first-order valence-electron chi connectivity index (χ1n) is 9.01. The van der Waals surface area contributed by atoms with Crippen molar-refractivity contribution < 1.29 is 14.8 Å². The number of rotatable bonds is 5. The van der Waals surface area contributed by atoms with E-state index in [9.17, 15) is 5.11 Å². The molecule has 0 bridgehead atoms. The Morgan fingerprint density at radius 3 is 2.32 bits per heavy atom. The Morgan fingerprint density at radius 2 is 1.80 bits per heavy atom. The molecule has 2 N–H and O–H groups in total. The van der Waals surface area contributed by atoms with Crippen LogP contribution in [0.25, 0.3) is 6.08 Å². The predicted octanol–water partition coefficient (Wildman–Crippen LogP) is 5.80. The van der Waals surface area contributed by atoms with Gasteiger partial charge in [-0.1, -0.05) is 0 Å². The van der Waals surface area contributed by atoms with E-state index in [1.807, 2.05) is 17.4 Å². The minimum atomic E-state index is -5.73. The second-order valence-corrected chi connectivity index (χ2v) is 56.3. The van der Waals surface area contributed by atoms with Crippen LogP contribution in [-0.2, 0) is 9.67 Å². The molecule has 2 rings (SSSR count). The van der Waals surface area contributed by atoms with E-state index in [1.165, 1.54) is 0 Å². The van der Waals surface area contributed by atoms with Crippen molar-refractivity contribution in [3.05, 3.63) is 41.5 Å². The second-order valence-electron chi connectivity index (χ2n) is 10.6. The van der Waals surface area contributed by atoms with E-state index in [0.29, 0.717) is 6.04 Å². The molecular formula is C19H33Cl2NOSiTi. The van der Waals surface area contributed by atoms with Crippen LogP contribution in [0, 0.1) is 0 Å². The van der Waals surface area contributed by atoms with Gasteiger partial charge in [-0.3, -0.25) is 0 Å². The van der Waals surface area contributed by atoms with Gasteiger partial charge in [-0.05, 0) is 0 Å². The van der Waals surface area contributed by atoms with Gasteiger partial charge in [0.1, 0.15) is 0 Å². The van der Waals surface area contributed by atoms with Crippen LogP contribution in [0.5, 0.6) is 0 Å². The van der Waals surface area contributed by atoms with Crippen LogP contribution in [0.3, 0.4) is 0 Å². The van der Waals surface area contributed by atoms with Gasteiger partial charge >= 0.3 is 157 Å². The van der Waals surface area contributed by atoms with Crippen molar-refractivity contribution in [2.45, 2.75) is 54.9 Å². The van der Waals surface area contributed by atoms with E-state index in [0.717, 1.165) is 11.1 Å². The summed E-state index contributed by atoms with van der Waals surface area (Å²) in [7, 11) is 10.1. The van der Waals surface area contributed by atoms with Gasteiger partial charge in [0.2, 0.25) is 0 Å². The molecule has 0 aliphatic heterocycles. The summed E-state index contributed by atoms with van der Waals surface area (Å²) in [5.41, 5.74) is 1.96. The molecule has 2 nitrogen and oxygen atoms in total. The van der Waals surface area contributed by atoms with Gasteiger partial charge in [-0.15, -0.1) is 0 Å². The number of aliphatic hydroxyl groups excluding tert-OH is 1. The number of hydrogen-bond donors (Lipinski definition) is 2. The molecule has 0 amide bonds. The third kappa shape index (κ3) is 3.00. The predicted molar refractivity (Wildman–Crippen MR) is 115 cm³/mol. The van der Waals surface area contributed by atoms with Crippen molar-refractivity contribution >= 4 is 35.4 Å². The Hall–Kier alpha value is 0.261. The third-order valence-electron chi connectivity index (χ3n) is 6.83. The molecule has 1 unspecified atom stereocenters. The van der Waals surface area contributed by atoms with Gasteiger partial charge in [-0.2, -0.15) is 0 Å². The van der Waals surface area contributed by atoms with Crippen LogP contribution < -0.4 is 3.80 Å². The summed E-state index contributed by atoms with van der Waals surface area (Å²) < 4.78 is 3.58. The molecule has 25 heavy (non-hydrogen) atoms. The fourth-order valence-corrected chi connectivity index (χ4v) is 34.2. The molecule has 1 aliphatic carbocycles. The molecule has 1 aromatic rings. The number of hydrogen-bond acceptors (Lipinski definition) is 2. The van der Waals surface area contributed by atoms with E-state index in [2.05, 4.69) is 61.9 Å². The number of benzene rings is 1. The molecule has 0 fully saturated rings. The van der Waals surface area contributed by atoms with Crippen LogP contribution in [0.2, 0.25) is 24.4 Å². The number of allylic oxidation sites excluding steroid dienone is 1. The minimum absolute atomic E-state index is 0.0679. The molecule has 1 aromatic carbocycles. The van der Waals surface area contributed by atoms with Crippen molar-refractivity contribution in [1.29, 1.82) is 0 Å². The Kier molecular flexibility index (Phi) is 4.31. The van der Waals surface area contributed by atoms with Crippen LogP contribution in [0.15, 0.2) is 30.3 Å². The standard InChI is InChI=1S/C9H7.C4H10N.C4H11OSi.CH3.CH2.2ClH.Ti/c1-2-5-9-7-3-6-8(9)4-1;1-4(2,3)5;1-6(2)4-3-5;;;;;/h1-7H;5H,1-3H3;5H,3-4H2,1-2H3;1H3;1H2;2*1H;/q;-1;;;;;;+3/p-2. The molecular weight excluding hydrogens is 405 g/mol. The molecule has 0 radical (unpaired) electrons. The van der Waals surface area contributed by atoms with E-state index in [4.69, 9.17) is 23.4 Å². The summed E-state index contributed by atoms with van der Waals surface area (Å²) in [5.74, 6) is -2.49. The first-order valence-corrected chi connectivity index (χ1v) is 23.2. The van der Waals surface area contributed by atoms with Gasteiger partial charge in [0, 0.05) is 0 Å². The average molecular weight is 438 g/mol. The molecule has 0 heterocycles. The Labute approximate surface area is 156 Å². The molecule has 0 saturated carbocycles. The van der Waals surface area contributed by atoms with Crippen molar-refractivity contribution in [3.8, 4) is 0 Å². The number of nitrogens with one attached hydrogen (secondary N) is 1. The molecule has 6 heteroatoms. The van der Waals surface area contributed by atoms with Crippen LogP contribution in [-0.4, -0.2) is 28.0 Å². The van der Waals surface area contributed by atoms with Gasteiger partial charge in [-0.25, -0.2) is 0 Å². The first kappa shape index (κ1) is 21.6. The van der Waals surface area contributed by atoms with Crippen molar-refractivity contribution in [2.75, 3.05) is 6.61 Å². The summed E-state index contributed by atoms with van der Waals surface area (Å²) in [6, 6.07) is 8.86. The number of halogens is 2. The summed E-state index contributed by atoms with van der Waals surface area (Å²) in [6.45, 7) is 10.7. The van der Waals surface area contributed by atoms with Crippen molar-refractivity contribution in [1.82, 2.24) is 3.80 Å². The molecule has 1 atom stereocenters. The monoisotopic (exact) mass is 437 g/mol. The second kappa shape index (κ2) is 5.00. The molecule has 0 spiro atoms. The van der Waals surface area contributed by atoms with E-state index in [1.54, 1.807) is 0 Å². The van der Waals surface area contributed by atoms with Gasteiger partial charge in [0.15, 0.2) is 0 Å². The maximum absolute atomic E-state index is 9.82. The van der Waals surface area contributed by atoms with E-state index < -0.39 is 15.6 Å². The summed E-state index contributed by atoms with van der Waals surface area (Å²) in [6.07, 6.45) is 4.24. The fraction of sp³-hybridized carbons (Fsp3) is 0.526. The summed E-state index contributed by atoms with van der Waals surface area (Å²) in [4.78, 5) is 4.82. The first-order chi connectivity index (χ1) is 10.9. The summed E-state index contributed by atoms with van der Waals surface area (Å²) >= 11 is 0. The van der Waals surface area contributed by atoms with Crippen LogP contribution in [0.4, 0.5) is 0 Å². The molecule has 0 aromatic heterocycles. The third-order valence-corrected chi connectivity index (χ3v) is 60.6. The zero-order valence-electron chi connectivity index (χ0n) is 16.4. The Morgan fingerprint density at radius 1 is 1.24 bits per heavy atom. The Balaban J connectivity index is 2.95. The fourth-order valence-electron chi connectivity index (χ4n) is 4.84. The van der Waals surface area contributed by atoms with Crippen LogP contribution >= 0.6 is 18.6 Å². The van der Waals surface area contributed by atoms with Gasteiger partial charge < -0.3 is 0 Å². The van der Waals surface area contributed by atoms with Gasteiger partial charge in [0.25, 0.3) is 0 Å². The van der Waals surface area contributed by atoms with Gasteiger partial charge in [0.05, 0.1) is 0 Å². The zero-order valence-corrected chi connectivity index (χ0v) is 20.4. The average Bonchev–Trinajstić information content (AvgIpc) is 2.79.